The van der Waals surface area contributed by atoms with Gasteiger partial charge >= 0.3 is 10.1 Å². The molecule has 0 radical (unpaired) electrons. The van der Waals surface area contributed by atoms with Gasteiger partial charge in [-0.1, -0.05) is 35.9 Å². The second-order valence-electron chi connectivity index (χ2n) is 5.97. The monoisotopic (exact) mass is 432 g/mol. The van der Waals surface area contributed by atoms with Crippen LogP contribution in [0.25, 0.3) is 22.1 Å². The van der Waals surface area contributed by atoms with Crippen LogP contribution < -0.4 is 9.61 Å². The van der Waals surface area contributed by atoms with Crippen LogP contribution in [0.15, 0.2) is 73.4 Å². The summed E-state index contributed by atoms with van der Waals surface area (Å²) in [6.07, 6.45) is 0. The number of hydrogen-bond donors (Lipinski definition) is 0. The van der Waals surface area contributed by atoms with Crippen LogP contribution >= 0.6 is 22.9 Å². The summed E-state index contributed by atoms with van der Waals surface area (Å²) >= 11 is 7.29. The summed E-state index contributed by atoms with van der Waals surface area (Å²) in [5, 5.41) is 2.40. The van der Waals surface area contributed by atoms with E-state index in [1.807, 2.05) is 0 Å². The van der Waals surface area contributed by atoms with Gasteiger partial charge in [0.15, 0.2) is 4.21 Å². The Morgan fingerprint density at radius 2 is 1.86 bits per heavy atom. The van der Waals surface area contributed by atoms with E-state index >= 15 is 0 Å². The second-order valence-corrected chi connectivity index (χ2v) is 9.10. The van der Waals surface area contributed by atoms with Gasteiger partial charge in [-0.3, -0.25) is 4.79 Å². The van der Waals surface area contributed by atoms with Crippen LogP contribution in [-0.2, 0) is 10.1 Å². The Kier molecular flexibility index (Phi) is 4.74. The highest BCUT2D eigenvalue weighted by Gasteiger charge is 2.20. The standard InChI is InChI=1S/C20H13ClO5S2/c1-12-19(14-5-2-3-6-16(14)21)20(22)15-9-8-13(11-17(15)25-12)26-28(23,24)18-7-4-10-27-18/h2-11H,1H3. The predicted molar refractivity (Wildman–Crippen MR) is 110 cm³/mol. The van der Waals surface area contributed by atoms with Crippen LogP contribution in [-0.4, -0.2) is 8.42 Å². The fourth-order valence-corrected chi connectivity index (χ4v) is 4.99. The molecule has 0 aliphatic carbocycles. The Hall–Kier alpha value is -2.61. The summed E-state index contributed by atoms with van der Waals surface area (Å²) in [5.41, 5.74) is 0.938. The van der Waals surface area contributed by atoms with Crippen molar-refractivity contribution in [3.05, 3.63) is 81.0 Å². The van der Waals surface area contributed by atoms with Crippen LogP contribution in [0.3, 0.4) is 0 Å². The number of benzene rings is 2. The van der Waals surface area contributed by atoms with E-state index in [4.69, 9.17) is 20.2 Å². The maximum absolute atomic E-state index is 13.0. The van der Waals surface area contributed by atoms with Crippen molar-refractivity contribution in [2.45, 2.75) is 11.1 Å². The van der Waals surface area contributed by atoms with E-state index < -0.39 is 10.1 Å². The lowest BCUT2D eigenvalue weighted by Crippen LogP contribution is -2.10. The smallest absolute Gasteiger partial charge is 0.348 e. The molecular weight excluding hydrogens is 420 g/mol. The van der Waals surface area contributed by atoms with Gasteiger partial charge in [-0.25, -0.2) is 0 Å². The summed E-state index contributed by atoms with van der Waals surface area (Å²) < 4.78 is 35.6. The minimum atomic E-state index is -3.93. The molecule has 0 N–H and O–H groups in total. The number of thiophene rings is 1. The Morgan fingerprint density at radius 1 is 1.07 bits per heavy atom. The first-order chi connectivity index (χ1) is 13.4. The Labute approximate surface area is 169 Å². The third-order valence-corrected chi connectivity index (χ3v) is 7.06. The summed E-state index contributed by atoms with van der Waals surface area (Å²) in [6, 6.07) is 14.4. The second kappa shape index (κ2) is 7.09. The highest BCUT2D eigenvalue weighted by Crippen LogP contribution is 2.31. The molecule has 0 atom stereocenters. The lowest BCUT2D eigenvalue weighted by Gasteiger charge is -2.10. The fraction of sp³-hybridized carbons (Fsp3) is 0.0500. The van der Waals surface area contributed by atoms with Crippen molar-refractivity contribution >= 4 is 44.0 Å². The topological polar surface area (TPSA) is 73.6 Å². The molecule has 28 heavy (non-hydrogen) atoms. The van der Waals surface area contributed by atoms with Crippen molar-refractivity contribution in [1.82, 2.24) is 0 Å². The Morgan fingerprint density at radius 3 is 2.57 bits per heavy atom. The van der Waals surface area contributed by atoms with Crippen molar-refractivity contribution in [2.24, 2.45) is 0 Å². The van der Waals surface area contributed by atoms with Gasteiger partial charge in [-0.05, 0) is 36.6 Å². The van der Waals surface area contributed by atoms with Gasteiger partial charge < -0.3 is 8.60 Å². The molecule has 2 aromatic heterocycles. The SMILES string of the molecule is Cc1oc2cc(OS(=O)(=O)c3cccs3)ccc2c(=O)c1-c1ccccc1Cl. The van der Waals surface area contributed by atoms with Crippen LogP contribution in [0, 0.1) is 6.92 Å². The molecule has 0 aliphatic heterocycles. The maximum Gasteiger partial charge on any atom is 0.348 e. The number of hydrogen-bond acceptors (Lipinski definition) is 6. The van der Waals surface area contributed by atoms with E-state index in [1.165, 1.54) is 24.3 Å². The van der Waals surface area contributed by atoms with Crippen LogP contribution in [0.1, 0.15) is 5.76 Å². The van der Waals surface area contributed by atoms with E-state index in [0.29, 0.717) is 27.3 Å². The minimum Gasteiger partial charge on any atom is -0.460 e. The molecule has 5 nitrogen and oxygen atoms in total. The highest BCUT2D eigenvalue weighted by atomic mass is 35.5. The lowest BCUT2D eigenvalue weighted by atomic mass is 10.0. The van der Waals surface area contributed by atoms with Crippen molar-refractivity contribution in [2.75, 3.05) is 0 Å². The van der Waals surface area contributed by atoms with Crippen molar-refractivity contribution < 1.29 is 17.0 Å². The zero-order valence-electron chi connectivity index (χ0n) is 14.5. The zero-order chi connectivity index (χ0) is 19.9. The third-order valence-electron chi connectivity index (χ3n) is 4.13. The molecule has 4 rings (SSSR count). The van der Waals surface area contributed by atoms with Crippen molar-refractivity contribution in [1.29, 1.82) is 0 Å². The molecule has 0 fully saturated rings. The average Bonchev–Trinajstić information content (AvgIpc) is 3.18. The highest BCUT2D eigenvalue weighted by molar-refractivity contribution is 7.89. The molecule has 2 heterocycles. The first-order valence-electron chi connectivity index (χ1n) is 8.17. The van der Waals surface area contributed by atoms with Gasteiger partial charge in [-0.15, -0.1) is 11.3 Å². The summed E-state index contributed by atoms with van der Waals surface area (Å²) in [5.74, 6) is 0.442. The molecule has 0 aliphatic rings. The molecule has 142 valence electrons. The first-order valence-corrected chi connectivity index (χ1v) is 10.8. The van der Waals surface area contributed by atoms with Crippen molar-refractivity contribution in [3.8, 4) is 16.9 Å². The third kappa shape index (κ3) is 3.32. The van der Waals surface area contributed by atoms with E-state index in [0.717, 1.165) is 11.3 Å². The normalized spacial score (nSPS) is 11.6. The molecular formula is C20H13ClO5S2. The summed E-state index contributed by atoms with van der Waals surface area (Å²) in [4.78, 5) is 13.0. The fourth-order valence-electron chi connectivity index (χ4n) is 2.89. The van der Waals surface area contributed by atoms with Gasteiger partial charge in [0.2, 0.25) is 5.43 Å². The molecule has 0 unspecified atom stereocenters. The molecule has 2 aromatic carbocycles. The number of fused-ring (bicyclic) bond motifs is 1. The summed E-state index contributed by atoms with van der Waals surface area (Å²) in [6.45, 7) is 1.66. The lowest BCUT2D eigenvalue weighted by molar-refractivity contribution is 0.487. The number of aryl methyl sites for hydroxylation is 1. The van der Waals surface area contributed by atoms with Crippen LogP contribution in [0.5, 0.6) is 5.75 Å². The molecule has 0 bridgehead atoms. The first kappa shape index (κ1) is 18.7. The Balaban J connectivity index is 1.81. The van der Waals surface area contributed by atoms with Gasteiger partial charge in [0, 0.05) is 16.7 Å². The van der Waals surface area contributed by atoms with Gasteiger partial charge in [0.1, 0.15) is 17.1 Å². The van der Waals surface area contributed by atoms with Crippen LogP contribution in [0.4, 0.5) is 0 Å². The van der Waals surface area contributed by atoms with Crippen LogP contribution in [0.2, 0.25) is 5.02 Å². The quantitative estimate of drug-likeness (QED) is 0.412. The predicted octanol–water partition coefficient (Wildman–Crippen LogP) is 5.25. The molecule has 4 aromatic rings. The zero-order valence-corrected chi connectivity index (χ0v) is 16.9. The number of rotatable bonds is 4. The number of halogens is 1. The molecule has 8 heteroatoms. The molecule has 0 spiro atoms. The van der Waals surface area contributed by atoms with Crippen molar-refractivity contribution in [3.63, 3.8) is 0 Å². The Bertz CT molecular complexity index is 1340. The van der Waals surface area contributed by atoms with E-state index in [1.54, 1.807) is 42.6 Å². The molecule has 0 saturated carbocycles. The van der Waals surface area contributed by atoms with Gasteiger partial charge in [-0.2, -0.15) is 8.42 Å². The average molecular weight is 433 g/mol. The van der Waals surface area contributed by atoms with E-state index in [9.17, 15) is 13.2 Å². The molecule has 0 amide bonds. The van der Waals surface area contributed by atoms with E-state index in [2.05, 4.69) is 0 Å². The van der Waals surface area contributed by atoms with E-state index in [-0.39, 0.29) is 21.0 Å². The largest absolute Gasteiger partial charge is 0.460 e. The molecule has 0 saturated heterocycles. The van der Waals surface area contributed by atoms with Gasteiger partial charge in [0.05, 0.1) is 10.9 Å². The van der Waals surface area contributed by atoms with Gasteiger partial charge in [0.25, 0.3) is 0 Å². The summed E-state index contributed by atoms with van der Waals surface area (Å²) in [7, 11) is -3.93. The maximum atomic E-state index is 13.0. The minimum absolute atomic E-state index is 0.0638.